The van der Waals surface area contributed by atoms with Crippen LogP contribution in [-0.2, 0) is 14.3 Å². The zero-order valence-corrected chi connectivity index (χ0v) is 10.1. The van der Waals surface area contributed by atoms with E-state index in [1.54, 1.807) is 31.2 Å². The van der Waals surface area contributed by atoms with Crippen molar-refractivity contribution in [2.75, 3.05) is 13.7 Å². The number of hydrogen-bond acceptors (Lipinski definition) is 5. The van der Waals surface area contributed by atoms with Crippen LogP contribution in [-0.4, -0.2) is 25.7 Å². The number of esters is 1. The molecule has 0 aliphatic carbocycles. The number of methoxy groups -OCH3 is 1. The van der Waals surface area contributed by atoms with Crippen LogP contribution in [0.25, 0.3) is 6.08 Å². The topological polar surface area (TPSA) is 75.7 Å². The van der Waals surface area contributed by atoms with E-state index < -0.39 is 17.5 Å². The van der Waals surface area contributed by atoms with Crippen molar-refractivity contribution in [1.82, 2.24) is 0 Å². The minimum Gasteiger partial charge on any atom is -0.545 e. The monoisotopic (exact) mass is 249 g/mol. The number of hydrogen-bond donors (Lipinski definition) is 0. The van der Waals surface area contributed by atoms with Crippen molar-refractivity contribution in [3.8, 4) is 5.75 Å². The van der Waals surface area contributed by atoms with Gasteiger partial charge >= 0.3 is 5.97 Å². The molecule has 0 saturated carbocycles. The van der Waals surface area contributed by atoms with E-state index in [2.05, 4.69) is 4.74 Å². The van der Waals surface area contributed by atoms with Crippen LogP contribution in [0.15, 0.2) is 29.8 Å². The number of carbonyl (C=O) groups is 2. The van der Waals surface area contributed by atoms with Crippen molar-refractivity contribution >= 4 is 18.0 Å². The Bertz CT molecular complexity index is 459. The van der Waals surface area contributed by atoms with Crippen LogP contribution >= 0.6 is 0 Å². The minimum atomic E-state index is -1.57. The number of carboxylic acids is 1. The number of aliphatic carboxylic acids is 1. The van der Waals surface area contributed by atoms with E-state index in [4.69, 9.17) is 4.74 Å². The molecule has 1 aromatic rings. The molecule has 1 rings (SSSR count). The molecule has 0 radical (unpaired) electrons. The van der Waals surface area contributed by atoms with Crippen LogP contribution < -0.4 is 9.84 Å². The summed E-state index contributed by atoms with van der Waals surface area (Å²) >= 11 is 0. The molecule has 0 aliphatic rings. The molecule has 18 heavy (non-hydrogen) atoms. The maximum absolute atomic E-state index is 11.4. The predicted molar refractivity (Wildman–Crippen MR) is 62.6 cm³/mol. The first-order valence-corrected chi connectivity index (χ1v) is 5.32. The molecule has 0 spiro atoms. The molecule has 0 atom stereocenters. The summed E-state index contributed by atoms with van der Waals surface area (Å²) in [6, 6.07) is 6.57. The first kappa shape index (κ1) is 13.8. The SMILES string of the molecule is CCOC(=O)C(=Cc1ccc(OC)cc1)C(=O)[O-]. The van der Waals surface area contributed by atoms with Gasteiger partial charge in [0.15, 0.2) is 0 Å². The highest BCUT2D eigenvalue weighted by molar-refractivity contribution is 6.16. The Balaban J connectivity index is 3.00. The molecule has 5 heteroatoms. The normalized spacial score (nSPS) is 10.9. The molecule has 96 valence electrons. The van der Waals surface area contributed by atoms with E-state index in [-0.39, 0.29) is 6.61 Å². The van der Waals surface area contributed by atoms with Crippen molar-refractivity contribution in [3.63, 3.8) is 0 Å². The third kappa shape index (κ3) is 3.62. The first-order chi connectivity index (χ1) is 8.58. The van der Waals surface area contributed by atoms with Gasteiger partial charge in [-0.25, -0.2) is 4.79 Å². The van der Waals surface area contributed by atoms with Gasteiger partial charge in [0.2, 0.25) is 0 Å². The van der Waals surface area contributed by atoms with Gasteiger partial charge < -0.3 is 19.4 Å². The zero-order chi connectivity index (χ0) is 13.5. The minimum absolute atomic E-state index is 0.103. The summed E-state index contributed by atoms with van der Waals surface area (Å²) < 4.78 is 9.60. The van der Waals surface area contributed by atoms with Crippen molar-refractivity contribution in [2.45, 2.75) is 6.92 Å². The molecule has 0 fully saturated rings. The second kappa shape index (κ2) is 6.44. The number of rotatable bonds is 5. The molecule has 0 aliphatic heterocycles. The highest BCUT2D eigenvalue weighted by Gasteiger charge is 2.11. The van der Waals surface area contributed by atoms with E-state index >= 15 is 0 Å². The summed E-state index contributed by atoms with van der Waals surface area (Å²) in [6.07, 6.45) is 1.20. The maximum Gasteiger partial charge on any atom is 0.339 e. The Morgan fingerprint density at radius 1 is 1.28 bits per heavy atom. The van der Waals surface area contributed by atoms with Crippen LogP contribution in [0.1, 0.15) is 12.5 Å². The lowest BCUT2D eigenvalue weighted by Gasteiger charge is -2.08. The molecule has 0 aromatic heterocycles. The van der Waals surface area contributed by atoms with Gasteiger partial charge in [-0.15, -0.1) is 0 Å². The number of carbonyl (C=O) groups excluding carboxylic acids is 2. The number of carboxylic acid groups (broad SMARTS) is 1. The molecule has 0 amide bonds. The molecule has 0 heterocycles. The summed E-state index contributed by atoms with van der Waals surface area (Å²) in [7, 11) is 1.52. The van der Waals surface area contributed by atoms with Crippen LogP contribution in [0, 0.1) is 0 Å². The fourth-order valence-corrected chi connectivity index (χ4v) is 1.28. The van der Waals surface area contributed by atoms with Crippen LogP contribution in [0.5, 0.6) is 5.75 Å². The lowest BCUT2D eigenvalue weighted by atomic mass is 10.1. The molecular weight excluding hydrogens is 236 g/mol. The Kier molecular flexibility index (Phi) is 4.92. The number of benzene rings is 1. The average Bonchev–Trinajstić information content (AvgIpc) is 2.36. The van der Waals surface area contributed by atoms with E-state index in [1.807, 2.05) is 0 Å². The van der Waals surface area contributed by atoms with Crippen LogP contribution in [0.3, 0.4) is 0 Å². The quantitative estimate of drug-likeness (QED) is 0.326. The van der Waals surface area contributed by atoms with Crippen molar-refractivity contribution in [2.24, 2.45) is 0 Å². The Labute approximate surface area is 105 Å². The lowest BCUT2D eigenvalue weighted by molar-refractivity contribution is -0.298. The molecule has 0 unspecified atom stereocenters. The van der Waals surface area contributed by atoms with Gasteiger partial charge in [0, 0.05) is 0 Å². The second-order valence-corrected chi connectivity index (χ2v) is 3.34. The van der Waals surface area contributed by atoms with E-state index in [9.17, 15) is 14.7 Å². The third-order valence-electron chi connectivity index (χ3n) is 2.14. The highest BCUT2D eigenvalue weighted by atomic mass is 16.5. The summed E-state index contributed by atoms with van der Waals surface area (Å²) in [4.78, 5) is 22.2. The lowest BCUT2D eigenvalue weighted by Crippen LogP contribution is -2.29. The summed E-state index contributed by atoms with van der Waals surface area (Å²) in [5, 5.41) is 10.8. The molecule has 0 saturated heterocycles. The highest BCUT2D eigenvalue weighted by Crippen LogP contribution is 2.14. The summed E-state index contributed by atoms with van der Waals surface area (Å²) in [5.41, 5.74) is 0.0325. The molecular formula is C13H13O5-. The standard InChI is InChI=1S/C13H14O5/c1-3-18-13(16)11(12(14)15)8-9-4-6-10(17-2)7-5-9/h4-8H,3H2,1-2H3,(H,14,15)/p-1. The molecule has 0 N–H and O–H groups in total. The molecule has 5 nitrogen and oxygen atoms in total. The maximum atomic E-state index is 11.4. The second-order valence-electron chi connectivity index (χ2n) is 3.34. The largest absolute Gasteiger partial charge is 0.545 e. The van der Waals surface area contributed by atoms with E-state index in [1.165, 1.54) is 13.2 Å². The van der Waals surface area contributed by atoms with Gasteiger partial charge in [-0.05, 0) is 30.7 Å². The van der Waals surface area contributed by atoms with Gasteiger partial charge in [-0.1, -0.05) is 12.1 Å². The predicted octanol–water partition coefficient (Wildman–Crippen LogP) is 0.392. The fraction of sp³-hybridized carbons (Fsp3) is 0.231. The van der Waals surface area contributed by atoms with Crippen molar-refractivity contribution < 1.29 is 24.2 Å². The fourth-order valence-electron chi connectivity index (χ4n) is 1.28. The van der Waals surface area contributed by atoms with Crippen LogP contribution in [0.2, 0.25) is 0 Å². The smallest absolute Gasteiger partial charge is 0.339 e. The van der Waals surface area contributed by atoms with Gasteiger partial charge in [0.25, 0.3) is 0 Å². The van der Waals surface area contributed by atoms with Gasteiger partial charge in [0.05, 0.1) is 25.3 Å². The zero-order valence-electron chi connectivity index (χ0n) is 10.1. The molecule has 1 aromatic carbocycles. The number of ether oxygens (including phenoxy) is 2. The first-order valence-electron chi connectivity index (χ1n) is 5.32. The average molecular weight is 249 g/mol. The third-order valence-corrected chi connectivity index (χ3v) is 2.14. The van der Waals surface area contributed by atoms with Crippen LogP contribution in [0.4, 0.5) is 0 Å². The Hall–Kier alpha value is -2.30. The van der Waals surface area contributed by atoms with E-state index in [0.717, 1.165) is 0 Å². The van der Waals surface area contributed by atoms with Crippen molar-refractivity contribution in [1.29, 1.82) is 0 Å². The summed E-state index contributed by atoms with van der Waals surface area (Å²) in [6.45, 7) is 1.70. The van der Waals surface area contributed by atoms with Gasteiger partial charge in [-0.2, -0.15) is 0 Å². The Morgan fingerprint density at radius 2 is 1.89 bits per heavy atom. The Morgan fingerprint density at radius 3 is 2.33 bits per heavy atom. The molecule has 0 bridgehead atoms. The van der Waals surface area contributed by atoms with Gasteiger partial charge in [0.1, 0.15) is 5.75 Å². The van der Waals surface area contributed by atoms with E-state index in [0.29, 0.717) is 11.3 Å². The van der Waals surface area contributed by atoms with Gasteiger partial charge in [-0.3, -0.25) is 0 Å². The van der Waals surface area contributed by atoms with Crippen molar-refractivity contribution in [3.05, 3.63) is 35.4 Å². The summed E-state index contributed by atoms with van der Waals surface area (Å²) in [5.74, 6) is -1.84.